The van der Waals surface area contributed by atoms with Gasteiger partial charge in [-0.25, -0.2) is 0 Å². The number of rotatable bonds is 3. The molecule has 2 N–H and O–H groups in total. The Labute approximate surface area is 97.9 Å². The summed E-state index contributed by atoms with van der Waals surface area (Å²) in [5.74, 6) is 0.398. The molecule has 0 atom stereocenters. The lowest BCUT2D eigenvalue weighted by Gasteiger charge is -2.20. The summed E-state index contributed by atoms with van der Waals surface area (Å²) in [6.07, 6.45) is 1.61. The highest BCUT2D eigenvalue weighted by atomic mass is 16.3. The van der Waals surface area contributed by atoms with E-state index in [0.717, 1.165) is 29.5 Å². The van der Waals surface area contributed by atoms with Gasteiger partial charge in [0.25, 0.3) is 0 Å². The molecular formula is C14H22O2. The summed E-state index contributed by atoms with van der Waals surface area (Å²) in [7, 11) is 0. The van der Waals surface area contributed by atoms with E-state index in [1.807, 2.05) is 19.1 Å². The summed E-state index contributed by atoms with van der Waals surface area (Å²) in [5.41, 5.74) is 2.88. The first-order chi connectivity index (χ1) is 7.37. The van der Waals surface area contributed by atoms with Gasteiger partial charge in [0, 0.05) is 0 Å². The van der Waals surface area contributed by atoms with Gasteiger partial charge in [0.2, 0.25) is 0 Å². The van der Waals surface area contributed by atoms with Gasteiger partial charge in [-0.15, -0.1) is 0 Å². The lowest BCUT2D eigenvalue weighted by atomic mass is 9.86. The highest BCUT2D eigenvalue weighted by Crippen LogP contribution is 2.31. The standard InChI is InChI=1S/C14H22O2/c1-5-11-6-10(9-15)7-12(13(11)16)8-14(2,3)4/h6-7,15-16H,5,8-9H2,1-4H3. The third-order valence-corrected chi connectivity index (χ3v) is 2.61. The van der Waals surface area contributed by atoms with E-state index in [1.54, 1.807) is 0 Å². The van der Waals surface area contributed by atoms with Gasteiger partial charge >= 0.3 is 0 Å². The van der Waals surface area contributed by atoms with Crippen LogP contribution in [-0.2, 0) is 19.4 Å². The summed E-state index contributed by atoms with van der Waals surface area (Å²) >= 11 is 0. The number of hydrogen-bond acceptors (Lipinski definition) is 2. The first-order valence-electron chi connectivity index (χ1n) is 5.82. The van der Waals surface area contributed by atoms with Crippen molar-refractivity contribution in [1.29, 1.82) is 0 Å². The Balaban J connectivity index is 3.16. The zero-order chi connectivity index (χ0) is 12.3. The van der Waals surface area contributed by atoms with Gasteiger partial charge in [-0.05, 0) is 47.1 Å². The maximum Gasteiger partial charge on any atom is 0.121 e. The zero-order valence-corrected chi connectivity index (χ0v) is 10.7. The van der Waals surface area contributed by atoms with Crippen LogP contribution in [-0.4, -0.2) is 10.2 Å². The van der Waals surface area contributed by atoms with Gasteiger partial charge in [-0.2, -0.15) is 0 Å². The lowest BCUT2D eigenvalue weighted by Crippen LogP contribution is -2.10. The third-order valence-electron chi connectivity index (χ3n) is 2.61. The number of hydrogen-bond donors (Lipinski definition) is 2. The number of aliphatic hydroxyl groups is 1. The van der Waals surface area contributed by atoms with E-state index < -0.39 is 0 Å². The maximum absolute atomic E-state index is 10.1. The van der Waals surface area contributed by atoms with E-state index in [-0.39, 0.29) is 12.0 Å². The number of aryl methyl sites for hydroxylation is 1. The molecule has 2 heteroatoms. The first-order valence-corrected chi connectivity index (χ1v) is 5.82. The van der Waals surface area contributed by atoms with Crippen molar-refractivity contribution in [2.24, 2.45) is 5.41 Å². The van der Waals surface area contributed by atoms with E-state index in [0.29, 0.717) is 5.75 Å². The van der Waals surface area contributed by atoms with Gasteiger partial charge in [-0.1, -0.05) is 27.7 Å². The van der Waals surface area contributed by atoms with E-state index in [2.05, 4.69) is 20.8 Å². The second kappa shape index (κ2) is 4.88. The lowest BCUT2D eigenvalue weighted by molar-refractivity contribution is 0.281. The molecule has 0 spiro atoms. The molecule has 16 heavy (non-hydrogen) atoms. The van der Waals surface area contributed by atoms with Crippen molar-refractivity contribution < 1.29 is 10.2 Å². The number of benzene rings is 1. The van der Waals surface area contributed by atoms with Crippen LogP contribution in [0, 0.1) is 5.41 Å². The molecule has 0 saturated heterocycles. The minimum atomic E-state index is 0.0322. The fourth-order valence-corrected chi connectivity index (χ4v) is 1.90. The summed E-state index contributed by atoms with van der Waals surface area (Å²) in [4.78, 5) is 0. The quantitative estimate of drug-likeness (QED) is 0.825. The Morgan fingerprint density at radius 3 is 2.12 bits per heavy atom. The molecule has 2 nitrogen and oxygen atoms in total. The maximum atomic E-state index is 10.1. The SMILES string of the molecule is CCc1cc(CO)cc(CC(C)(C)C)c1O. The van der Waals surface area contributed by atoms with Crippen LogP contribution in [0.1, 0.15) is 44.4 Å². The van der Waals surface area contributed by atoms with Crippen LogP contribution in [0.25, 0.3) is 0 Å². The van der Waals surface area contributed by atoms with Crippen LogP contribution in [0.15, 0.2) is 12.1 Å². The minimum Gasteiger partial charge on any atom is -0.507 e. The summed E-state index contributed by atoms with van der Waals surface area (Å²) in [6, 6.07) is 3.78. The highest BCUT2D eigenvalue weighted by Gasteiger charge is 2.16. The highest BCUT2D eigenvalue weighted by molar-refractivity contribution is 5.44. The molecule has 0 aliphatic carbocycles. The van der Waals surface area contributed by atoms with Crippen molar-refractivity contribution in [3.8, 4) is 5.75 Å². The van der Waals surface area contributed by atoms with Crippen molar-refractivity contribution in [2.45, 2.75) is 47.1 Å². The fraction of sp³-hybridized carbons (Fsp3) is 0.571. The van der Waals surface area contributed by atoms with Gasteiger partial charge in [0.15, 0.2) is 0 Å². The molecule has 0 fully saturated rings. The zero-order valence-electron chi connectivity index (χ0n) is 10.7. The fourth-order valence-electron chi connectivity index (χ4n) is 1.90. The Morgan fingerprint density at radius 1 is 1.12 bits per heavy atom. The molecule has 0 bridgehead atoms. The van der Waals surface area contributed by atoms with E-state index in [4.69, 9.17) is 0 Å². The van der Waals surface area contributed by atoms with Crippen LogP contribution in [0.3, 0.4) is 0 Å². The smallest absolute Gasteiger partial charge is 0.121 e. The molecular weight excluding hydrogens is 200 g/mol. The molecule has 1 aromatic carbocycles. The second-order valence-corrected chi connectivity index (χ2v) is 5.51. The average molecular weight is 222 g/mol. The molecule has 0 radical (unpaired) electrons. The molecule has 0 aromatic heterocycles. The minimum absolute atomic E-state index is 0.0322. The molecule has 1 rings (SSSR count). The molecule has 0 heterocycles. The summed E-state index contributed by atoms with van der Waals surface area (Å²) in [5, 5.41) is 19.3. The van der Waals surface area contributed by atoms with Crippen molar-refractivity contribution in [2.75, 3.05) is 0 Å². The van der Waals surface area contributed by atoms with Crippen LogP contribution in [0.2, 0.25) is 0 Å². The summed E-state index contributed by atoms with van der Waals surface area (Å²) in [6.45, 7) is 8.47. The Bertz CT molecular complexity index is 362. The summed E-state index contributed by atoms with van der Waals surface area (Å²) < 4.78 is 0. The molecule has 0 unspecified atom stereocenters. The predicted octanol–water partition coefficient (Wildman–Crippen LogP) is 3.04. The average Bonchev–Trinajstić information content (AvgIpc) is 2.19. The van der Waals surface area contributed by atoms with Crippen LogP contribution < -0.4 is 0 Å². The molecule has 0 aliphatic rings. The number of aliphatic hydroxyl groups excluding tert-OH is 1. The van der Waals surface area contributed by atoms with Gasteiger partial charge in [0.05, 0.1) is 6.61 Å². The number of aromatic hydroxyl groups is 1. The molecule has 1 aromatic rings. The van der Waals surface area contributed by atoms with E-state index >= 15 is 0 Å². The van der Waals surface area contributed by atoms with Crippen molar-refractivity contribution in [1.82, 2.24) is 0 Å². The molecule has 0 amide bonds. The largest absolute Gasteiger partial charge is 0.507 e. The number of phenols is 1. The molecule has 90 valence electrons. The first kappa shape index (κ1) is 13.0. The van der Waals surface area contributed by atoms with Crippen LogP contribution in [0.4, 0.5) is 0 Å². The van der Waals surface area contributed by atoms with E-state index in [9.17, 15) is 10.2 Å². The van der Waals surface area contributed by atoms with Crippen molar-refractivity contribution in [3.05, 3.63) is 28.8 Å². The number of phenolic OH excluding ortho intramolecular Hbond substituents is 1. The third kappa shape index (κ3) is 3.24. The Morgan fingerprint density at radius 2 is 1.69 bits per heavy atom. The Kier molecular flexibility index (Phi) is 3.98. The van der Waals surface area contributed by atoms with Gasteiger partial charge in [-0.3, -0.25) is 0 Å². The second-order valence-electron chi connectivity index (χ2n) is 5.51. The van der Waals surface area contributed by atoms with Crippen molar-refractivity contribution >= 4 is 0 Å². The van der Waals surface area contributed by atoms with Crippen LogP contribution >= 0.6 is 0 Å². The van der Waals surface area contributed by atoms with Gasteiger partial charge in [0.1, 0.15) is 5.75 Å². The molecule has 0 saturated carbocycles. The van der Waals surface area contributed by atoms with Crippen molar-refractivity contribution in [3.63, 3.8) is 0 Å². The van der Waals surface area contributed by atoms with E-state index in [1.165, 1.54) is 0 Å². The normalized spacial score (nSPS) is 11.8. The van der Waals surface area contributed by atoms with Crippen LogP contribution in [0.5, 0.6) is 5.75 Å². The van der Waals surface area contributed by atoms with Gasteiger partial charge < -0.3 is 10.2 Å². The Hall–Kier alpha value is -1.02. The predicted molar refractivity (Wildman–Crippen MR) is 66.6 cm³/mol. The topological polar surface area (TPSA) is 40.5 Å². The molecule has 0 aliphatic heterocycles. The monoisotopic (exact) mass is 222 g/mol.